The third-order valence-corrected chi connectivity index (χ3v) is 2.58. The van der Waals surface area contributed by atoms with E-state index in [1.54, 1.807) is 0 Å². The van der Waals surface area contributed by atoms with Crippen molar-refractivity contribution in [1.29, 1.82) is 0 Å². The van der Waals surface area contributed by atoms with E-state index in [-0.39, 0.29) is 6.35 Å². The maximum Gasteiger partial charge on any atom is 0.190 e. The molecular weight excluding hydrogens is 176 g/mol. The largest absolute Gasteiger partial charge is 0.343 e. The Kier molecular flexibility index (Phi) is 1.79. The minimum Gasteiger partial charge on any atom is -0.343 e. The molecule has 1 atom stereocenters. The fourth-order valence-electron chi connectivity index (χ4n) is 1.90. The Bertz CT molecular complexity index is 443. The lowest BCUT2D eigenvalue weighted by atomic mass is 10.2. The Morgan fingerprint density at radius 3 is 3.07 bits per heavy atom. The maximum atomic E-state index is 5.56. The second-order valence-electron chi connectivity index (χ2n) is 3.46. The summed E-state index contributed by atoms with van der Waals surface area (Å²) in [5.74, 6) is 0. The third-order valence-electron chi connectivity index (χ3n) is 2.58. The normalized spacial score (nSPS) is 21.9. The molecule has 3 heteroatoms. The summed E-state index contributed by atoms with van der Waals surface area (Å²) in [5.41, 5.74) is 1.21. The molecule has 3 nitrogen and oxygen atoms in total. The number of aromatic nitrogens is 1. The van der Waals surface area contributed by atoms with Gasteiger partial charge < -0.3 is 9.30 Å². The van der Waals surface area contributed by atoms with Crippen LogP contribution in [0.15, 0.2) is 36.5 Å². The smallest absolute Gasteiger partial charge is 0.190 e. The van der Waals surface area contributed by atoms with Gasteiger partial charge in [0.1, 0.15) is 0 Å². The molecule has 1 aliphatic rings. The molecule has 2 heterocycles. The van der Waals surface area contributed by atoms with Gasteiger partial charge in [0, 0.05) is 12.7 Å². The topological polar surface area (TPSA) is 26.2 Å². The van der Waals surface area contributed by atoms with Crippen molar-refractivity contribution >= 4 is 10.9 Å². The van der Waals surface area contributed by atoms with E-state index in [0.717, 1.165) is 13.2 Å². The Balaban J connectivity index is 2.11. The molecule has 1 aromatic carbocycles. The molecule has 0 bridgehead atoms. The van der Waals surface area contributed by atoms with E-state index in [2.05, 4.69) is 40.3 Å². The van der Waals surface area contributed by atoms with Crippen LogP contribution in [0.4, 0.5) is 0 Å². The molecule has 1 aromatic heterocycles. The highest BCUT2D eigenvalue weighted by molar-refractivity contribution is 5.79. The number of rotatable bonds is 1. The van der Waals surface area contributed by atoms with Gasteiger partial charge in [0.05, 0.1) is 12.1 Å². The Morgan fingerprint density at radius 1 is 1.29 bits per heavy atom. The molecule has 1 fully saturated rings. The first-order chi connectivity index (χ1) is 6.95. The van der Waals surface area contributed by atoms with Crippen LogP contribution in [0.1, 0.15) is 6.35 Å². The summed E-state index contributed by atoms with van der Waals surface area (Å²) < 4.78 is 7.68. The van der Waals surface area contributed by atoms with Gasteiger partial charge in [0.25, 0.3) is 0 Å². The van der Waals surface area contributed by atoms with Crippen molar-refractivity contribution in [3.8, 4) is 0 Å². The summed E-state index contributed by atoms with van der Waals surface area (Å²) in [7, 11) is 0. The number of benzene rings is 1. The van der Waals surface area contributed by atoms with Gasteiger partial charge >= 0.3 is 0 Å². The van der Waals surface area contributed by atoms with Gasteiger partial charge in [-0.2, -0.15) is 0 Å². The molecule has 1 unspecified atom stereocenters. The van der Waals surface area contributed by atoms with Crippen LogP contribution in [-0.2, 0) is 4.74 Å². The molecule has 0 saturated carbocycles. The maximum absolute atomic E-state index is 5.56. The minimum atomic E-state index is 0.00917. The third kappa shape index (κ3) is 1.14. The zero-order valence-electron chi connectivity index (χ0n) is 7.81. The predicted molar refractivity (Wildman–Crippen MR) is 54.9 cm³/mol. The number of hydrogen-bond donors (Lipinski definition) is 1. The first-order valence-corrected chi connectivity index (χ1v) is 4.86. The lowest BCUT2D eigenvalue weighted by Crippen LogP contribution is -2.19. The van der Waals surface area contributed by atoms with Crippen LogP contribution in [0, 0.1) is 0 Å². The molecule has 2 aromatic rings. The molecule has 0 radical (unpaired) electrons. The van der Waals surface area contributed by atoms with Crippen LogP contribution in [-0.4, -0.2) is 17.7 Å². The fourth-order valence-corrected chi connectivity index (χ4v) is 1.90. The highest BCUT2D eigenvalue weighted by Gasteiger charge is 2.16. The number of hydrogen-bond acceptors (Lipinski definition) is 2. The second-order valence-corrected chi connectivity index (χ2v) is 3.46. The van der Waals surface area contributed by atoms with E-state index >= 15 is 0 Å². The fraction of sp³-hybridized carbons (Fsp3) is 0.273. The molecule has 14 heavy (non-hydrogen) atoms. The Hall–Kier alpha value is -1.32. The SMILES string of the molecule is c1ccc2c(c1)ccn2C1NCCO1. The Morgan fingerprint density at radius 2 is 2.21 bits per heavy atom. The van der Waals surface area contributed by atoms with Crippen molar-refractivity contribution in [1.82, 2.24) is 9.88 Å². The molecule has 0 amide bonds. The molecule has 3 rings (SSSR count). The van der Waals surface area contributed by atoms with E-state index in [0.29, 0.717) is 0 Å². The minimum absolute atomic E-state index is 0.00917. The predicted octanol–water partition coefficient (Wildman–Crippen LogP) is 1.72. The van der Waals surface area contributed by atoms with Crippen molar-refractivity contribution in [3.63, 3.8) is 0 Å². The van der Waals surface area contributed by atoms with Gasteiger partial charge in [-0.05, 0) is 17.5 Å². The molecule has 1 saturated heterocycles. The second kappa shape index (κ2) is 3.12. The van der Waals surface area contributed by atoms with Gasteiger partial charge in [0.15, 0.2) is 6.35 Å². The van der Waals surface area contributed by atoms with Crippen LogP contribution in [0.5, 0.6) is 0 Å². The van der Waals surface area contributed by atoms with Crippen molar-refractivity contribution in [2.24, 2.45) is 0 Å². The quantitative estimate of drug-likeness (QED) is 0.737. The first kappa shape index (κ1) is 8.03. The summed E-state index contributed by atoms with van der Waals surface area (Å²) >= 11 is 0. The number of fused-ring (bicyclic) bond motifs is 1. The number of nitrogens with zero attached hydrogens (tertiary/aromatic N) is 1. The number of para-hydroxylation sites is 1. The van der Waals surface area contributed by atoms with E-state index in [1.807, 2.05) is 6.07 Å². The van der Waals surface area contributed by atoms with Crippen LogP contribution < -0.4 is 5.32 Å². The van der Waals surface area contributed by atoms with Gasteiger partial charge in [-0.25, -0.2) is 0 Å². The molecule has 1 aliphatic heterocycles. The van der Waals surface area contributed by atoms with Crippen molar-refractivity contribution in [2.75, 3.05) is 13.2 Å². The van der Waals surface area contributed by atoms with Gasteiger partial charge in [-0.3, -0.25) is 5.32 Å². The highest BCUT2D eigenvalue weighted by atomic mass is 16.5. The zero-order valence-corrected chi connectivity index (χ0v) is 7.81. The lowest BCUT2D eigenvalue weighted by molar-refractivity contribution is 0.0480. The van der Waals surface area contributed by atoms with E-state index in [4.69, 9.17) is 4.74 Å². The van der Waals surface area contributed by atoms with Crippen molar-refractivity contribution in [3.05, 3.63) is 36.5 Å². The van der Waals surface area contributed by atoms with Crippen molar-refractivity contribution < 1.29 is 4.74 Å². The van der Waals surface area contributed by atoms with E-state index < -0.39 is 0 Å². The highest BCUT2D eigenvalue weighted by Crippen LogP contribution is 2.20. The van der Waals surface area contributed by atoms with Crippen LogP contribution in [0.25, 0.3) is 10.9 Å². The molecule has 1 N–H and O–H groups in total. The Labute approximate surface area is 82.3 Å². The molecule has 0 spiro atoms. The zero-order chi connectivity index (χ0) is 9.38. The van der Waals surface area contributed by atoms with Crippen LogP contribution in [0.3, 0.4) is 0 Å². The van der Waals surface area contributed by atoms with Gasteiger partial charge in [-0.1, -0.05) is 18.2 Å². The van der Waals surface area contributed by atoms with Gasteiger partial charge in [0.2, 0.25) is 0 Å². The lowest BCUT2D eigenvalue weighted by Gasteiger charge is -2.13. The summed E-state index contributed by atoms with van der Waals surface area (Å²) in [5, 5.41) is 4.55. The molecule has 0 aliphatic carbocycles. The average molecular weight is 188 g/mol. The van der Waals surface area contributed by atoms with Crippen molar-refractivity contribution in [2.45, 2.75) is 6.35 Å². The monoisotopic (exact) mass is 188 g/mol. The average Bonchev–Trinajstić information content (AvgIpc) is 2.85. The summed E-state index contributed by atoms with van der Waals surface area (Å²) in [6, 6.07) is 10.4. The molecule has 72 valence electrons. The van der Waals surface area contributed by atoms with E-state index in [9.17, 15) is 0 Å². The first-order valence-electron chi connectivity index (χ1n) is 4.86. The number of ether oxygens (including phenoxy) is 1. The van der Waals surface area contributed by atoms with Crippen LogP contribution in [0.2, 0.25) is 0 Å². The van der Waals surface area contributed by atoms with Crippen LogP contribution >= 0.6 is 0 Å². The van der Waals surface area contributed by atoms with E-state index in [1.165, 1.54) is 10.9 Å². The summed E-state index contributed by atoms with van der Waals surface area (Å²) in [4.78, 5) is 0. The standard InChI is InChI=1S/C11H12N2O/c1-2-4-10-9(3-1)5-7-13(10)11-12-6-8-14-11/h1-5,7,11-12H,6,8H2. The van der Waals surface area contributed by atoms with Gasteiger partial charge in [-0.15, -0.1) is 0 Å². The summed E-state index contributed by atoms with van der Waals surface area (Å²) in [6.45, 7) is 1.72. The number of nitrogens with one attached hydrogen (secondary N) is 1. The summed E-state index contributed by atoms with van der Waals surface area (Å²) in [6.07, 6.45) is 2.07. The molecular formula is C11H12N2O.